The molecule has 0 N–H and O–H groups in total. The molecule has 3 nitrogen and oxygen atoms in total. The number of nitrogens with zero attached hydrogens (tertiary/aromatic N) is 2. The molecule has 2 heterocycles. The van der Waals surface area contributed by atoms with E-state index in [9.17, 15) is 0 Å². The second kappa shape index (κ2) is 6.66. The lowest BCUT2D eigenvalue weighted by Gasteiger charge is -2.22. The van der Waals surface area contributed by atoms with Crippen molar-refractivity contribution in [1.82, 2.24) is 10.1 Å². The number of aromatic nitrogens is 1. The van der Waals surface area contributed by atoms with Gasteiger partial charge < -0.3 is 4.52 Å². The van der Waals surface area contributed by atoms with E-state index in [2.05, 4.69) is 61.2 Å². The molecule has 3 heteroatoms. The number of rotatable bonds is 5. The molecule has 1 saturated heterocycles. The Bertz CT molecular complexity index is 600. The van der Waals surface area contributed by atoms with E-state index in [-0.39, 0.29) is 0 Å². The molecule has 1 atom stereocenters. The third-order valence-corrected chi connectivity index (χ3v) is 4.65. The van der Waals surface area contributed by atoms with Crippen LogP contribution in [-0.2, 0) is 13.0 Å². The molecule has 3 rings (SSSR count). The third-order valence-electron chi connectivity index (χ3n) is 4.65. The summed E-state index contributed by atoms with van der Waals surface area (Å²) in [6.45, 7) is 8.64. The molecule has 0 unspecified atom stereocenters. The molecule has 0 radical (unpaired) electrons. The summed E-state index contributed by atoms with van der Waals surface area (Å²) in [4.78, 5) is 2.52. The maximum atomic E-state index is 5.62. The summed E-state index contributed by atoms with van der Waals surface area (Å²) in [6.07, 6.45) is 3.50. The quantitative estimate of drug-likeness (QED) is 0.801. The smallest absolute Gasteiger partial charge is 0.154 e. The third kappa shape index (κ3) is 3.25. The fourth-order valence-electron chi connectivity index (χ4n) is 3.19. The Balaban J connectivity index is 1.71. The Morgan fingerprint density at radius 1 is 1.23 bits per heavy atom. The van der Waals surface area contributed by atoms with Gasteiger partial charge >= 0.3 is 0 Å². The Hall–Kier alpha value is -1.61. The van der Waals surface area contributed by atoms with E-state index >= 15 is 0 Å². The summed E-state index contributed by atoms with van der Waals surface area (Å²) >= 11 is 0. The molecule has 2 aromatic rings. The zero-order valence-electron chi connectivity index (χ0n) is 13.9. The number of hydrogen-bond donors (Lipinski definition) is 0. The molecule has 0 bridgehead atoms. The molecular weight excluding hydrogens is 272 g/mol. The normalized spacial score (nSPS) is 19.2. The van der Waals surface area contributed by atoms with Crippen molar-refractivity contribution < 1.29 is 4.52 Å². The summed E-state index contributed by atoms with van der Waals surface area (Å²) < 4.78 is 5.62. The van der Waals surface area contributed by atoms with E-state index in [4.69, 9.17) is 4.52 Å². The first kappa shape index (κ1) is 15.3. The average molecular weight is 298 g/mol. The predicted molar refractivity (Wildman–Crippen MR) is 88.8 cm³/mol. The second-order valence-corrected chi connectivity index (χ2v) is 6.61. The van der Waals surface area contributed by atoms with Gasteiger partial charge in [-0.25, -0.2) is 0 Å². The highest BCUT2D eigenvalue weighted by Gasteiger charge is 2.29. The largest absolute Gasteiger partial charge is 0.359 e. The first-order valence-corrected chi connectivity index (χ1v) is 8.45. The van der Waals surface area contributed by atoms with E-state index in [0.29, 0.717) is 12.0 Å². The van der Waals surface area contributed by atoms with Crippen LogP contribution in [0.25, 0.3) is 0 Å². The van der Waals surface area contributed by atoms with E-state index < -0.39 is 0 Å². The van der Waals surface area contributed by atoms with Crippen LogP contribution in [0.5, 0.6) is 0 Å². The van der Waals surface area contributed by atoms with Crippen LogP contribution < -0.4 is 0 Å². The van der Waals surface area contributed by atoms with Crippen LogP contribution in [0.15, 0.2) is 34.9 Å². The molecule has 1 aromatic carbocycles. The first-order chi connectivity index (χ1) is 10.7. The zero-order valence-corrected chi connectivity index (χ0v) is 13.9. The van der Waals surface area contributed by atoms with Crippen molar-refractivity contribution in [2.45, 2.75) is 58.5 Å². The van der Waals surface area contributed by atoms with E-state index in [1.54, 1.807) is 0 Å². The van der Waals surface area contributed by atoms with Crippen LogP contribution in [0.3, 0.4) is 0 Å². The minimum absolute atomic E-state index is 0.380. The summed E-state index contributed by atoms with van der Waals surface area (Å²) in [5.74, 6) is 1.46. The van der Waals surface area contributed by atoms with Gasteiger partial charge in [0.15, 0.2) is 5.76 Å². The topological polar surface area (TPSA) is 29.3 Å². The zero-order chi connectivity index (χ0) is 15.5. The van der Waals surface area contributed by atoms with Crippen molar-refractivity contribution in [3.05, 3.63) is 52.9 Å². The van der Waals surface area contributed by atoms with Crippen LogP contribution in [-0.4, -0.2) is 16.6 Å². The highest BCUT2D eigenvalue weighted by Crippen LogP contribution is 2.34. The molecule has 0 saturated carbocycles. The lowest BCUT2D eigenvalue weighted by Crippen LogP contribution is -2.22. The Kier molecular flexibility index (Phi) is 4.63. The van der Waals surface area contributed by atoms with Gasteiger partial charge in [0.25, 0.3) is 0 Å². The molecule has 1 aliphatic rings. The number of benzene rings is 1. The van der Waals surface area contributed by atoms with Gasteiger partial charge in [0.05, 0.1) is 11.7 Å². The van der Waals surface area contributed by atoms with Crippen LogP contribution >= 0.6 is 0 Å². The minimum Gasteiger partial charge on any atom is -0.359 e. The van der Waals surface area contributed by atoms with Gasteiger partial charge in [-0.1, -0.05) is 50.2 Å². The van der Waals surface area contributed by atoms with Crippen LogP contribution in [0, 0.1) is 0 Å². The van der Waals surface area contributed by atoms with Gasteiger partial charge in [-0.3, -0.25) is 4.90 Å². The molecule has 0 spiro atoms. The lowest BCUT2D eigenvalue weighted by molar-refractivity contribution is 0.206. The van der Waals surface area contributed by atoms with Gasteiger partial charge in [0, 0.05) is 12.6 Å². The maximum Gasteiger partial charge on any atom is 0.154 e. The predicted octanol–water partition coefficient (Wildman–Crippen LogP) is 4.70. The van der Waals surface area contributed by atoms with Gasteiger partial charge in [-0.05, 0) is 42.9 Å². The molecule has 1 aromatic heterocycles. The van der Waals surface area contributed by atoms with Crippen LogP contribution in [0.2, 0.25) is 0 Å². The van der Waals surface area contributed by atoms with Crippen molar-refractivity contribution >= 4 is 0 Å². The Morgan fingerprint density at radius 3 is 2.59 bits per heavy atom. The minimum atomic E-state index is 0.380. The highest BCUT2D eigenvalue weighted by molar-refractivity contribution is 5.23. The molecule has 1 aliphatic heterocycles. The van der Waals surface area contributed by atoms with Crippen molar-refractivity contribution in [1.29, 1.82) is 0 Å². The van der Waals surface area contributed by atoms with Crippen molar-refractivity contribution in [3.63, 3.8) is 0 Å². The van der Waals surface area contributed by atoms with Gasteiger partial charge in [0.1, 0.15) is 0 Å². The number of aryl methyl sites for hydroxylation is 1. The SMILES string of the molecule is CCc1ccc(CN2CCC[C@H]2c2cc(C(C)C)no2)cc1. The number of hydrogen-bond acceptors (Lipinski definition) is 3. The van der Waals surface area contributed by atoms with E-state index in [1.165, 1.54) is 24.0 Å². The summed E-state index contributed by atoms with van der Waals surface area (Å²) in [6, 6.07) is 11.5. The van der Waals surface area contributed by atoms with Crippen molar-refractivity contribution in [2.24, 2.45) is 0 Å². The Morgan fingerprint density at radius 2 is 1.95 bits per heavy atom. The Labute approximate surface area is 133 Å². The van der Waals surface area contributed by atoms with E-state index in [1.807, 2.05) is 0 Å². The molecule has 0 amide bonds. The maximum absolute atomic E-state index is 5.62. The summed E-state index contributed by atoms with van der Waals surface area (Å²) in [5.41, 5.74) is 3.85. The standard InChI is InChI=1S/C19H26N2O/c1-4-15-7-9-16(10-8-15)13-21-11-5-6-18(21)19-12-17(14(2)3)20-22-19/h7-10,12,14,18H,4-6,11,13H2,1-3H3/t18-/m0/s1. The second-order valence-electron chi connectivity index (χ2n) is 6.61. The van der Waals surface area contributed by atoms with Gasteiger partial charge in [-0.15, -0.1) is 0 Å². The molecule has 1 fully saturated rings. The molecule has 22 heavy (non-hydrogen) atoms. The molecule has 0 aliphatic carbocycles. The summed E-state index contributed by atoms with van der Waals surface area (Å²) in [7, 11) is 0. The lowest BCUT2D eigenvalue weighted by atomic mass is 10.1. The molecule has 118 valence electrons. The van der Waals surface area contributed by atoms with Crippen LogP contribution in [0.1, 0.15) is 68.2 Å². The highest BCUT2D eigenvalue weighted by atomic mass is 16.5. The van der Waals surface area contributed by atoms with Crippen molar-refractivity contribution in [2.75, 3.05) is 6.54 Å². The first-order valence-electron chi connectivity index (χ1n) is 8.45. The van der Waals surface area contributed by atoms with E-state index in [0.717, 1.165) is 31.0 Å². The fraction of sp³-hybridized carbons (Fsp3) is 0.526. The fourth-order valence-corrected chi connectivity index (χ4v) is 3.19. The van der Waals surface area contributed by atoms with Gasteiger partial charge in [-0.2, -0.15) is 0 Å². The average Bonchev–Trinajstić information content (AvgIpc) is 3.16. The monoisotopic (exact) mass is 298 g/mol. The number of likely N-dealkylation sites (tertiary alicyclic amines) is 1. The summed E-state index contributed by atoms with van der Waals surface area (Å²) in [5, 5.41) is 4.22. The van der Waals surface area contributed by atoms with Crippen LogP contribution in [0.4, 0.5) is 0 Å². The molecular formula is C19H26N2O. The van der Waals surface area contributed by atoms with Crippen molar-refractivity contribution in [3.8, 4) is 0 Å². The van der Waals surface area contributed by atoms with Gasteiger partial charge in [0.2, 0.25) is 0 Å².